The molecule has 12 heavy (non-hydrogen) atoms. The zero-order valence-electron chi connectivity index (χ0n) is 6.73. The van der Waals surface area contributed by atoms with Crippen LogP contribution in [-0.4, -0.2) is 23.3 Å². The van der Waals surface area contributed by atoms with Crippen LogP contribution in [-0.2, 0) is 0 Å². The first-order chi connectivity index (χ1) is 5.84. The van der Waals surface area contributed by atoms with Gasteiger partial charge in [0.2, 0.25) is 0 Å². The summed E-state index contributed by atoms with van der Waals surface area (Å²) in [7, 11) is 0. The molecule has 4 nitrogen and oxygen atoms in total. The maximum Gasteiger partial charge on any atom is 0.166 e. The van der Waals surface area contributed by atoms with Crippen LogP contribution in [0.4, 0.5) is 5.82 Å². The third-order valence-corrected chi connectivity index (χ3v) is 1.36. The molecule has 1 aromatic heterocycles. The minimum Gasteiger partial charge on any atom is -0.490 e. The summed E-state index contributed by atoms with van der Waals surface area (Å²) >= 11 is 0. The van der Waals surface area contributed by atoms with Crippen LogP contribution in [0.5, 0.6) is 5.75 Å². The van der Waals surface area contributed by atoms with E-state index >= 15 is 0 Å². The van der Waals surface area contributed by atoms with Crippen molar-refractivity contribution in [2.75, 3.05) is 18.9 Å². The van der Waals surface area contributed by atoms with E-state index in [4.69, 9.17) is 15.6 Å². The first-order valence-electron chi connectivity index (χ1n) is 3.78. The molecule has 1 aromatic rings. The Kier molecular flexibility index (Phi) is 3.35. The van der Waals surface area contributed by atoms with Crippen LogP contribution in [0, 0.1) is 0 Å². The molecule has 0 atom stereocenters. The molecule has 0 radical (unpaired) electrons. The Hall–Kier alpha value is -1.29. The molecule has 0 fully saturated rings. The van der Waals surface area contributed by atoms with Gasteiger partial charge in [0.1, 0.15) is 0 Å². The Morgan fingerprint density at radius 1 is 1.58 bits per heavy atom. The summed E-state index contributed by atoms with van der Waals surface area (Å²) in [5.74, 6) is 0.960. The third-order valence-electron chi connectivity index (χ3n) is 1.36. The highest BCUT2D eigenvalue weighted by Crippen LogP contribution is 2.16. The van der Waals surface area contributed by atoms with Crippen molar-refractivity contribution in [2.45, 2.75) is 6.42 Å². The van der Waals surface area contributed by atoms with E-state index in [0.717, 1.165) is 0 Å². The standard InChI is InChI=1S/C8H12N2O2/c9-8-7(3-1-4-10-8)12-6-2-5-11/h1,3-4,11H,2,5-6H2,(H2,9,10). The molecule has 0 amide bonds. The fraction of sp³-hybridized carbons (Fsp3) is 0.375. The average molecular weight is 168 g/mol. The number of nitrogens with two attached hydrogens (primary N) is 1. The maximum atomic E-state index is 8.49. The first kappa shape index (κ1) is 8.80. The zero-order chi connectivity index (χ0) is 8.81. The number of hydrogen-bond donors (Lipinski definition) is 2. The number of aliphatic hydroxyl groups excluding tert-OH is 1. The number of anilines is 1. The molecule has 0 bridgehead atoms. The van der Waals surface area contributed by atoms with Gasteiger partial charge in [0.25, 0.3) is 0 Å². The van der Waals surface area contributed by atoms with Crippen molar-refractivity contribution >= 4 is 5.82 Å². The molecule has 0 saturated heterocycles. The summed E-state index contributed by atoms with van der Waals surface area (Å²) in [6.07, 6.45) is 2.21. The number of pyridine rings is 1. The summed E-state index contributed by atoms with van der Waals surface area (Å²) in [6.45, 7) is 0.590. The monoisotopic (exact) mass is 168 g/mol. The van der Waals surface area contributed by atoms with Crippen molar-refractivity contribution < 1.29 is 9.84 Å². The summed E-state index contributed by atoms with van der Waals surface area (Å²) < 4.78 is 5.23. The largest absolute Gasteiger partial charge is 0.490 e. The number of ether oxygens (including phenoxy) is 1. The fourth-order valence-electron chi connectivity index (χ4n) is 0.771. The van der Waals surface area contributed by atoms with E-state index in [1.807, 2.05) is 0 Å². The molecule has 0 saturated carbocycles. The van der Waals surface area contributed by atoms with E-state index in [1.54, 1.807) is 18.3 Å². The molecular weight excluding hydrogens is 156 g/mol. The lowest BCUT2D eigenvalue weighted by Gasteiger charge is -2.05. The topological polar surface area (TPSA) is 68.4 Å². The van der Waals surface area contributed by atoms with E-state index in [0.29, 0.717) is 24.6 Å². The summed E-state index contributed by atoms with van der Waals surface area (Å²) in [5.41, 5.74) is 5.50. The second-order valence-electron chi connectivity index (χ2n) is 2.31. The molecule has 4 heteroatoms. The van der Waals surface area contributed by atoms with Crippen LogP contribution in [0.25, 0.3) is 0 Å². The molecule has 1 heterocycles. The number of aromatic nitrogens is 1. The number of hydrogen-bond acceptors (Lipinski definition) is 4. The lowest BCUT2D eigenvalue weighted by atomic mass is 10.4. The molecule has 1 rings (SSSR count). The van der Waals surface area contributed by atoms with Gasteiger partial charge in [-0.2, -0.15) is 0 Å². The van der Waals surface area contributed by atoms with Gasteiger partial charge in [-0.3, -0.25) is 0 Å². The minimum atomic E-state index is 0.125. The van der Waals surface area contributed by atoms with Crippen molar-refractivity contribution in [1.82, 2.24) is 4.98 Å². The van der Waals surface area contributed by atoms with Gasteiger partial charge in [0.15, 0.2) is 11.6 Å². The van der Waals surface area contributed by atoms with Gasteiger partial charge >= 0.3 is 0 Å². The normalized spacial score (nSPS) is 9.75. The van der Waals surface area contributed by atoms with E-state index in [2.05, 4.69) is 4.98 Å². The number of nitrogens with zero attached hydrogens (tertiary/aromatic N) is 1. The summed E-state index contributed by atoms with van der Waals surface area (Å²) in [6, 6.07) is 3.50. The Labute approximate surface area is 71.0 Å². The quantitative estimate of drug-likeness (QED) is 0.639. The van der Waals surface area contributed by atoms with E-state index in [9.17, 15) is 0 Å². The number of rotatable bonds is 4. The molecule has 3 N–H and O–H groups in total. The van der Waals surface area contributed by atoms with Crippen LogP contribution in [0.2, 0.25) is 0 Å². The lowest BCUT2D eigenvalue weighted by molar-refractivity contribution is 0.234. The average Bonchev–Trinajstić information content (AvgIpc) is 2.09. The Balaban J connectivity index is 2.46. The van der Waals surface area contributed by atoms with Crippen molar-refractivity contribution in [3.8, 4) is 5.75 Å². The highest BCUT2D eigenvalue weighted by Gasteiger charge is 1.97. The Morgan fingerprint density at radius 2 is 2.42 bits per heavy atom. The molecule has 0 spiro atoms. The smallest absolute Gasteiger partial charge is 0.166 e. The Morgan fingerprint density at radius 3 is 3.08 bits per heavy atom. The van der Waals surface area contributed by atoms with Gasteiger partial charge in [-0.1, -0.05) is 0 Å². The highest BCUT2D eigenvalue weighted by molar-refractivity contribution is 5.44. The van der Waals surface area contributed by atoms with Crippen molar-refractivity contribution in [3.05, 3.63) is 18.3 Å². The minimum absolute atomic E-state index is 0.125. The van der Waals surface area contributed by atoms with Crippen molar-refractivity contribution in [3.63, 3.8) is 0 Å². The zero-order valence-corrected chi connectivity index (χ0v) is 6.73. The van der Waals surface area contributed by atoms with Crippen molar-refractivity contribution in [1.29, 1.82) is 0 Å². The van der Waals surface area contributed by atoms with Gasteiger partial charge in [-0.25, -0.2) is 4.98 Å². The summed E-state index contributed by atoms with van der Waals surface area (Å²) in [5, 5.41) is 8.49. The second-order valence-corrected chi connectivity index (χ2v) is 2.31. The molecule has 66 valence electrons. The van der Waals surface area contributed by atoms with Crippen LogP contribution in [0.3, 0.4) is 0 Å². The molecule has 0 unspecified atom stereocenters. The predicted octanol–water partition coefficient (Wildman–Crippen LogP) is 0.425. The van der Waals surface area contributed by atoms with Gasteiger partial charge in [0.05, 0.1) is 6.61 Å². The van der Waals surface area contributed by atoms with E-state index in [-0.39, 0.29) is 6.61 Å². The Bertz CT molecular complexity index is 240. The second kappa shape index (κ2) is 4.56. The number of aliphatic hydroxyl groups is 1. The van der Waals surface area contributed by atoms with Gasteiger partial charge < -0.3 is 15.6 Å². The number of nitrogen functional groups attached to an aromatic ring is 1. The fourth-order valence-corrected chi connectivity index (χ4v) is 0.771. The van der Waals surface area contributed by atoms with Gasteiger partial charge in [0, 0.05) is 19.2 Å². The van der Waals surface area contributed by atoms with Crippen LogP contribution < -0.4 is 10.5 Å². The highest BCUT2D eigenvalue weighted by atomic mass is 16.5. The lowest BCUT2D eigenvalue weighted by Crippen LogP contribution is -2.02. The molecule has 0 aliphatic carbocycles. The van der Waals surface area contributed by atoms with Gasteiger partial charge in [-0.05, 0) is 12.1 Å². The molecule has 0 aliphatic rings. The van der Waals surface area contributed by atoms with E-state index in [1.165, 1.54) is 0 Å². The molecular formula is C8H12N2O2. The van der Waals surface area contributed by atoms with E-state index < -0.39 is 0 Å². The SMILES string of the molecule is Nc1ncccc1OCCCO. The molecule has 0 aromatic carbocycles. The van der Waals surface area contributed by atoms with Crippen LogP contribution in [0.15, 0.2) is 18.3 Å². The van der Waals surface area contributed by atoms with Crippen LogP contribution in [0.1, 0.15) is 6.42 Å². The van der Waals surface area contributed by atoms with Gasteiger partial charge in [-0.15, -0.1) is 0 Å². The maximum absolute atomic E-state index is 8.49. The third kappa shape index (κ3) is 2.39. The molecule has 0 aliphatic heterocycles. The summed E-state index contributed by atoms with van der Waals surface area (Å²) in [4.78, 5) is 3.85. The first-order valence-corrected chi connectivity index (χ1v) is 3.78. The van der Waals surface area contributed by atoms with Crippen molar-refractivity contribution in [2.24, 2.45) is 0 Å². The predicted molar refractivity (Wildman–Crippen MR) is 45.8 cm³/mol. The van der Waals surface area contributed by atoms with Crippen LogP contribution >= 0.6 is 0 Å².